The lowest BCUT2D eigenvalue weighted by Gasteiger charge is -2.16. The van der Waals surface area contributed by atoms with Crippen LogP contribution in [-0.2, 0) is 16.6 Å². The van der Waals surface area contributed by atoms with Gasteiger partial charge in [0, 0.05) is 38.1 Å². The van der Waals surface area contributed by atoms with Crippen LogP contribution >= 0.6 is 0 Å². The molecule has 1 atom stereocenters. The van der Waals surface area contributed by atoms with Crippen LogP contribution in [-0.4, -0.2) is 42.4 Å². The van der Waals surface area contributed by atoms with Gasteiger partial charge in [0.25, 0.3) is 0 Å². The molecule has 7 heteroatoms. The first-order valence-electron chi connectivity index (χ1n) is 7.09. The van der Waals surface area contributed by atoms with Crippen LogP contribution < -0.4 is 10.0 Å². The quantitative estimate of drug-likeness (QED) is 0.632. The molecule has 2 N–H and O–H groups in total. The number of sulfonamides is 1. The van der Waals surface area contributed by atoms with E-state index in [1.165, 1.54) is 0 Å². The van der Waals surface area contributed by atoms with Crippen molar-refractivity contribution in [2.75, 3.05) is 13.1 Å². The van der Waals surface area contributed by atoms with Crippen molar-refractivity contribution in [2.45, 2.75) is 51.4 Å². The van der Waals surface area contributed by atoms with Gasteiger partial charge in [-0.3, -0.25) is 0 Å². The molecule has 1 unspecified atom stereocenters. The molecule has 116 valence electrons. The zero-order valence-electron chi connectivity index (χ0n) is 12.5. The molecule has 1 heterocycles. The first-order chi connectivity index (χ1) is 9.42. The van der Waals surface area contributed by atoms with Crippen LogP contribution in [0.2, 0.25) is 0 Å². The number of aromatic nitrogens is 2. The van der Waals surface area contributed by atoms with Gasteiger partial charge in [0.05, 0.1) is 11.6 Å². The van der Waals surface area contributed by atoms with Crippen molar-refractivity contribution in [1.29, 1.82) is 0 Å². The summed E-state index contributed by atoms with van der Waals surface area (Å²) in [6.45, 7) is 7.56. The molecule has 0 fully saturated rings. The summed E-state index contributed by atoms with van der Waals surface area (Å²) in [6, 6.07) is 0.294. The van der Waals surface area contributed by atoms with E-state index in [1.54, 1.807) is 19.4 Å². The van der Waals surface area contributed by atoms with Gasteiger partial charge in [-0.15, -0.1) is 0 Å². The summed E-state index contributed by atoms with van der Waals surface area (Å²) in [7, 11) is -3.22. The highest BCUT2D eigenvalue weighted by Gasteiger charge is 2.19. The van der Waals surface area contributed by atoms with Crippen LogP contribution in [0.3, 0.4) is 0 Å². The third-order valence-corrected chi connectivity index (χ3v) is 4.88. The minimum atomic E-state index is -3.22. The van der Waals surface area contributed by atoms with E-state index in [9.17, 15) is 8.42 Å². The Labute approximate surface area is 122 Å². The van der Waals surface area contributed by atoms with Crippen molar-refractivity contribution in [3.8, 4) is 0 Å². The Kier molecular flexibility index (Phi) is 7.18. The summed E-state index contributed by atoms with van der Waals surface area (Å²) in [4.78, 5) is 3.96. The summed E-state index contributed by atoms with van der Waals surface area (Å²) in [5, 5.41) is 2.72. The van der Waals surface area contributed by atoms with E-state index in [0.29, 0.717) is 19.1 Å². The maximum absolute atomic E-state index is 12.0. The fraction of sp³-hybridized carbons (Fsp3) is 0.769. The van der Waals surface area contributed by atoms with E-state index in [4.69, 9.17) is 0 Å². The molecule has 0 bridgehead atoms. The molecule has 20 heavy (non-hydrogen) atoms. The highest BCUT2D eigenvalue weighted by molar-refractivity contribution is 7.90. The lowest BCUT2D eigenvalue weighted by atomic mass is 10.3. The van der Waals surface area contributed by atoms with Crippen LogP contribution in [0.15, 0.2) is 18.7 Å². The van der Waals surface area contributed by atoms with Crippen molar-refractivity contribution >= 4 is 10.0 Å². The number of rotatable bonds is 10. The third kappa shape index (κ3) is 6.49. The van der Waals surface area contributed by atoms with E-state index < -0.39 is 15.3 Å². The monoisotopic (exact) mass is 302 g/mol. The fourth-order valence-corrected chi connectivity index (χ4v) is 2.74. The van der Waals surface area contributed by atoms with E-state index >= 15 is 0 Å². The molecule has 0 aliphatic heterocycles. The van der Waals surface area contributed by atoms with Crippen molar-refractivity contribution < 1.29 is 8.42 Å². The molecule has 0 aliphatic rings. The van der Waals surface area contributed by atoms with E-state index in [2.05, 4.69) is 15.0 Å². The van der Waals surface area contributed by atoms with Crippen LogP contribution in [0.4, 0.5) is 0 Å². The second kappa shape index (κ2) is 8.39. The average Bonchev–Trinajstić information content (AvgIpc) is 2.88. The van der Waals surface area contributed by atoms with E-state index in [1.807, 2.05) is 24.6 Å². The molecule has 1 aromatic heterocycles. The molecule has 0 aromatic carbocycles. The highest BCUT2D eigenvalue weighted by atomic mass is 32.2. The molecular formula is C13H26N4O2S. The minimum absolute atomic E-state index is 0.294. The Morgan fingerprint density at radius 3 is 2.60 bits per heavy atom. The van der Waals surface area contributed by atoms with Crippen LogP contribution in [0.5, 0.6) is 0 Å². The number of unbranched alkanes of at least 4 members (excludes halogenated alkanes) is 1. The third-order valence-electron chi connectivity index (χ3n) is 3.05. The Bertz CT molecular complexity index is 457. The molecular weight excluding hydrogens is 276 g/mol. The SMILES string of the molecule is CC(C)NCC(C)S(=O)(=O)NCCCCn1ccnc1. The predicted molar refractivity (Wildman–Crippen MR) is 81.0 cm³/mol. The summed E-state index contributed by atoms with van der Waals surface area (Å²) in [5.74, 6) is 0. The Morgan fingerprint density at radius 2 is 2.00 bits per heavy atom. The van der Waals surface area contributed by atoms with E-state index in [0.717, 1.165) is 19.4 Å². The van der Waals surface area contributed by atoms with Gasteiger partial charge in [0.2, 0.25) is 10.0 Å². The topological polar surface area (TPSA) is 76.0 Å². The maximum atomic E-state index is 12.0. The van der Waals surface area contributed by atoms with Gasteiger partial charge >= 0.3 is 0 Å². The Hall–Kier alpha value is -0.920. The van der Waals surface area contributed by atoms with Crippen molar-refractivity contribution in [1.82, 2.24) is 19.6 Å². The molecule has 1 aromatic rings. The lowest BCUT2D eigenvalue weighted by Crippen LogP contribution is -2.41. The Morgan fingerprint density at radius 1 is 1.25 bits per heavy atom. The van der Waals surface area contributed by atoms with Gasteiger partial charge in [-0.25, -0.2) is 18.1 Å². The number of hydrogen-bond donors (Lipinski definition) is 2. The number of nitrogens with one attached hydrogen (secondary N) is 2. The maximum Gasteiger partial charge on any atom is 0.215 e. The summed E-state index contributed by atoms with van der Waals surface area (Å²) < 4.78 is 28.6. The smallest absolute Gasteiger partial charge is 0.215 e. The number of imidazole rings is 1. The van der Waals surface area contributed by atoms with Gasteiger partial charge in [-0.05, 0) is 19.8 Å². The van der Waals surface area contributed by atoms with Gasteiger partial charge in [-0.1, -0.05) is 13.8 Å². The summed E-state index contributed by atoms with van der Waals surface area (Å²) in [6.07, 6.45) is 7.17. The molecule has 0 saturated heterocycles. The second-order valence-corrected chi connectivity index (χ2v) is 7.50. The van der Waals surface area contributed by atoms with Gasteiger partial charge in [0.15, 0.2) is 0 Å². The Balaban J connectivity index is 2.18. The van der Waals surface area contributed by atoms with E-state index in [-0.39, 0.29) is 0 Å². The first-order valence-corrected chi connectivity index (χ1v) is 8.64. The number of aryl methyl sites for hydroxylation is 1. The average molecular weight is 302 g/mol. The second-order valence-electron chi connectivity index (χ2n) is 5.32. The molecule has 0 amide bonds. The van der Waals surface area contributed by atoms with Crippen molar-refractivity contribution in [2.24, 2.45) is 0 Å². The van der Waals surface area contributed by atoms with Crippen LogP contribution in [0.25, 0.3) is 0 Å². The summed E-state index contributed by atoms with van der Waals surface area (Å²) in [5.41, 5.74) is 0. The lowest BCUT2D eigenvalue weighted by molar-refractivity contribution is 0.535. The molecule has 1 rings (SSSR count). The fourth-order valence-electron chi connectivity index (χ4n) is 1.71. The van der Waals surface area contributed by atoms with Crippen LogP contribution in [0, 0.1) is 0 Å². The molecule has 0 saturated carbocycles. The van der Waals surface area contributed by atoms with Gasteiger partial charge in [-0.2, -0.15) is 0 Å². The van der Waals surface area contributed by atoms with Crippen molar-refractivity contribution in [3.05, 3.63) is 18.7 Å². The standard InChI is InChI=1S/C13H26N4O2S/c1-12(2)15-10-13(3)20(18,19)16-6-4-5-8-17-9-7-14-11-17/h7,9,11-13,15-16H,4-6,8,10H2,1-3H3. The van der Waals surface area contributed by atoms with Crippen molar-refractivity contribution in [3.63, 3.8) is 0 Å². The van der Waals surface area contributed by atoms with Gasteiger partial charge < -0.3 is 9.88 Å². The number of nitrogens with zero attached hydrogens (tertiary/aromatic N) is 2. The molecule has 6 nitrogen and oxygen atoms in total. The number of hydrogen-bond acceptors (Lipinski definition) is 4. The molecule has 0 aliphatic carbocycles. The largest absolute Gasteiger partial charge is 0.337 e. The minimum Gasteiger partial charge on any atom is -0.337 e. The van der Waals surface area contributed by atoms with Crippen LogP contribution in [0.1, 0.15) is 33.6 Å². The zero-order valence-corrected chi connectivity index (χ0v) is 13.4. The van der Waals surface area contributed by atoms with Gasteiger partial charge in [0.1, 0.15) is 0 Å². The molecule has 0 radical (unpaired) electrons. The summed E-state index contributed by atoms with van der Waals surface area (Å²) >= 11 is 0. The highest BCUT2D eigenvalue weighted by Crippen LogP contribution is 1.99. The predicted octanol–water partition coefficient (Wildman–Crippen LogP) is 0.969. The molecule has 0 spiro atoms. The first kappa shape index (κ1) is 17.1. The zero-order chi connectivity index (χ0) is 15.0. The normalized spacial score (nSPS) is 13.8.